The maximum atomic E-state index is 6.22. The number of rotatable bonds is 3. The Morgan fingerprint density at radius 2 is 2.18 bits per heavy atom. The van der Waals surface area contributed by atoms with Gasteiger partial charge in [-0.15, -0.1) is 11.6 Å². The second-order valence-corrected chi connectivity index (χ2v) is 4.88. The third-order valence-electron chi connectivity index (χ3n) is 3.11. The molecule has 1 aromatic heterocycles. The quantitative estimate of drug-likeness (QED) is 0.793. The summed E-state index contributed by atoms with van der Waals surface area (Å²) in [6.07, 6.45) is 4.20. The maximum Gasteiger partial charge on any atom is 0.147 e. The highest BCUT2D eigenvalue weighted by Crippen LogP contribution is 2.27. The van der Waals surface area contributed by atoms with Gasteiger partial charge in [0.25, 0.3) is 0 Å². The number of alkyl halides is 1. The first-order valence-corrected chi connectivity index (χ1v) is 6.64. The van der Waals surface area contributed by atoms with Gasteiger partial charge in [0.2, 0.25) is 0 Å². The molecule has 94 valence electrons. The van der Waals surface area contributed by atoms with E-state index in [-0.39, 0.29) is 0 Å². The summed E-state index contributed by atoms with van der Waals surface area (Å²) in [6.45, 7) is 1.87. The van der Waals surface area contributed by atoms with Crippen LogP contribution in [0.15, 0.2) is 12.3 Å². The third kappa shape index (κ3) is 3.03. The van der Waals surface area contributed by atoms with E-state index in [4.69, 9.17) is 27.9 Å². The SMILES string of the molecule is COC1CCN(c2ncc(CCl)cc2Cl)CC1. The van der Waals surface area contributed by atoms with Crippen LogP contribution < -0.4 is 4.90 Å². The van der Waals surface area contributed by atoms with Crippen LogP contribution in [0.5, 0.6) is 0 Å². The standard InChI is InChI=1S/C12H16Cl2N2O/c1-17-10-2-4-16(5-3-10)12-11(14)6-9(7-13)8-15-12/h6,8,10H,2-5,7H2,1H3. The van der Waals surface area contributed by atoms with Crippen molar-refractivity contribution >= 4 is 29.0 Å². The molecule has 0 N–H and O–H groups in total. The number of methoxy groups -OCH3 is 1. The van der Waals surface area contributed by atoms with Crippen LogP contribution in [-0.4, -0.2) is 31.3 Å². The van der Waals surface area contributed by atoms with E-state index in [1.165, 1.54) is 0 Å². The van der Waals surface area contributed by atoms with Crippen LogP contribution in [0.4, 0.5) is 5.82 Å². The second-order valence-electron chi connectivity index (χ2n) is 4.20. The lowest BCUT2D eigenvalue weighted by atomic mass is 10.1. The van der Waals surface area contributed by atoms with Gasteiger partial charge in [0.1, 0.15) is 5.82 Å². The van der Waals surface area contributed by atoms with Crippen molar-refractivity contribution in [1.29, 1.82) is 0 Å². The van der Waals surface area contributed by atoms with E-state index in [0.29, 0.717) is 17.0 Å². The van der Waals surface area contributed by atoms with E-state index in [1.54, 1.807) is 13.3 Å². The summed E-state index contributed by atoms with van der Waals surface area (Å²) >= 11 is 12.0. The predicted octanol–water partition coefficient (Wildman–Crippen LogP) is 3.09. The normalized spacial score (nSPS) is 17.5. The molecule has 0 spiro atoms. The third-order valence-corrected chi connectivity index (χ3v) is 3.69. The molecule has 0 aromatic carbocycles. The molecule has 1 saturated heterocycles. The molecule has 1 aliphatic rings. The van der Waals surface area contributed by atoms with Crippen molar-refractivity contribution in [1.82, 2.24) is 4.98 Å². The smallest absolute Gasteiger partial charge is 0.147 e. The highest BCUT2D eigenvalue weighted by molar-refractivity contribution is 6.33. The molecule has 5 heteroatoms. The Bertz CT molecular complexity index is 379. The number of nitrogens with zero attached hydrogens (tertiary/aromatic N) is 2. The Balaban J connectivity index is 2.08. The van der Waals surface area contributed by atoms with Gasteiger partial charge >= 0.3 is 0 Å². The molecule has 17 heavy (non-hydrogen) atoms. The van der Waals surface area contributed by atoms with Crippen LogP contribution in [-0.2, 0) is 10.6 Å². The Hall–Kier alpha value is -0.510. The summed E-state index contributed by atoms with van der Waals surface area (Å²) in [7, 11) is 1.76. The lowest BCUT2D eigenvalue weighted by molar-refractivity contribution is 0.0818. The Labute approximate surface area is 112 Å². The summed E-state index contributed by atoms with van der Waals surface area (Å²) in [5.41, 5.74) is 0.951. The molecular weight excluding hydrogens is 259 g/mol. The van der Waals surface area contributed by atoms with Gasteiger partial charge in [-0.2, -0.15) is 0 Å². The molecular formula is C12H16Cl2N2O. The zero-order valence-corrected chi connectivity index (χ0v) is 11.3. The van der Waals surface area contributed by atoms with Gasteiger partial charge in [-0.1, -0.05) is 11.6 Å². The van der Waals surface area contributed by atoms with Crippen molar-refractivity contribution in [2.75, 3.05) is 25.1 Å². The zero-order chi connectivity index (χ0) is 12.3. The highest BCUT2D eigenvalue weighted by atomic mass is 35.5. The number of halogens is 2. The minimum absolute atomic E-state index is 0.368. The van der Waals surface area contributed by atoms with Crippen LogP contribution in [0, 0.1) is 0 Å². The summed E-state index contributed by atoms with van der Waals surface area (Å²) in [6, 6.07) is 1.89. The first kappa shape index (κ1) is 12.9. The lowest BCUT2D eigenvalue weighted by Crippen LogP contribution is -2.37. The van der Waals surface area contributed by atoms with Crippen LogP contribution >= 0.6 is 23.2 Å². The summed E-state index contributed by atoms with van der Waals surface area (Å²) in [5.74, 6) is 1.30. The van der Waals surface area contributed by atoms with E-state index in [0.717, 1.165) is 37.3 Å². The van der Waals surface area contributed by atoms with Crippen molar-refractivity contribution in [2.45, 2.75) is 24.8 Å². The van der Waals surface area contributed by atoms with Gasteiger partial charge in [0.15, 0.2) is 0 Å². The summed E-state index contributed by atoms with van der Waals surface area (Å²) < 4.78 is 5.34. The molecule has 2 rings (SSSR count). The average molecular weight is 275 g/mol. The number of anilines is 1. The van der Waals surface area contributed by atoms with E-state index in [1.807, 2.05) is 6.07 Å². The van der Waals surface area contributed by atoms with E-state index >= 15 is 0 Å². The number of piperidine rings is 1. The van der Waals surface area contributed by atoms with Crippen LogP contribution in [0.1, 0.15) is 18.4 Å². The molecule has 1 aromatic rings. The topological polar surface area (TPSA) is 25.4 Å². The summed E-state index contributed by atoms with van der Waals surface area (Å²) in [5, 5.41) is 0.680. The molecule has 1 aliphatic heterocycles. The van der Waals surface area contributed by atoms with Gasteiger partial charge in [-0.3, -0.25) is 0 Å². The molecule has 0 amide bonds. The molecule has 2 heterocycles. The number of pyridine rings is 1. The molecule has 3 nitrogen and oxygen atoms in total. The van der Waals surface area contributed by atoms with Gasteiger partial charge in [0.05, 0.1) is 11.1 Å². The maximum absolute atomic E-state index is 6.22. The highest BCUT2D eigenvalue weighted by Gasteiger charge is 2.21. The average Bonchev–Trinajstić information content (AvgIpc) is 2.39. The van der Waals surface area contributed by atoms with Crippen molar-refractivity contribution in [3.8, 4) is 0 Å². The fraction of sp³-hybridized carbons (Fsp3) is 0.583. The monoisotopic (exact) mass is 274 g/mol. The fourth-order valence-electron chi connectivity index (χ4n) is 2.08. The van der Waals surface area contributed by atoms with Gasteiger partial charge in [-0.25, -0.2) is 4.98 Å². The van der Waals surface area contributed by atoms with E-state index < -0.39 is 0 Å². The van der Waals surface area contributed by atoms with Gasteiger partial charge in [-0.05, 0) is 24.5 Å². The van der Waals surface area contributed by atoms with Crippen LogP contribution in [0.25, 0.3) is 0 Å². The van der Waals surface area contributed by atoms with Crippen LogP contribution in [0.2, 0.25) is 5.02 Å². The molecule has 0 bridgehead atoms. The summed E-state index contributed by atoms with van der Waals surface area (Å²) in [4.78, 5) is 6.60. The van der Waals surface area contributed by atoms with Crippen molar-refractivity contribution in [2.24, 2.45) is 0 Å². The van der Waals surface area contributed by atoms with Gasteiger partial charge in [0, 0.05) is 32.3 Å². The molecule has 1 fully saturated rings. The van der Waals surface area contributed by atoms with E-state index in [9.17, 15) is 0 Å². The zero-order valence-electron chi connectivity index (χ0n) is 9.83. The Kier molecular flexibility index (Phi) is 4.48. The Morgan fingerprint density at radius 3 is 2.71 bits per heavy atom. The Morgan fingerprint density at radius 1 is 1.47 bits per heavy atom. The number of hydrogen-bond donors (Lipinski definition) is 0. The van der Waals surface area contributed by atoms with Crippen molar-refractivity contribution in [3.63, 3.8) is 0 Å². The molecule has 0 radical (unpaired) electrons. The predicted molar refractivity (Wildman–Crippen MR) is 71.0 cm³/mol. The molecule has 0 saturated carbocycles. The van der Waals surface area contributed by atoms with Crippen molar-refractivity contribution < 1.29 is 4.74 Å². The van der Waals surface area contributed by atoms with Crippen molar-refractivity contribution in [3.05, 3.63) is 22.8 Å². The lowest BCUT2D eigenvalue weighted by Gasteiger charge is -2.32. The molecule has 0 aliphatic carbocycles. The number of hydrogen-bond acceptors (Lipinski definition) is 3. The first-order valence-electron chi connectivity index (χ1n) is 5.72. The molecule has 0 atom stereocenters. The first-order chi connectivity index (χ1) is 8.24. The van der Waals surface area contributed by atoms with E-state index in [2.05, 4.69) is 9.88 Å². The minimum Gasteiger partial charge on any atom is -0.381 e. The minimum atomic E-state index is 0.368. The fourth-order valence-corrected chi connectivity index (χ4v) is 2.53. The number of ether oxygens (including phenoxy) is 1. The van der Waals surface area contributed by atoms with Crippen LogP contribution in [0.3, 0.4) is 0 Å². The van der Waals surface area contributed by atoms with Gasteiger partial charge < -0.3 is 9.64 Å². The second kappa shape index (κ2) is 5.89. The number of aromatic nitrogens is 1. The largest absolute Gasteiger partial charge is 0.381 e. The molecule has 0 unspecified atom stereocenters.